The van der Waals surface area contributed by atoms with Gasteiger partial charge >= 0.3 is 5.97 Å². The maximum absolute atomic E-state index is 13.8. The maximum atomic E-state index is 13.8. The van der Waals surface area contributed by atoms with Crippen LogP contribution in [0.4, 0.5) is 8.78 Å². The summed E-state index contributed by atoms with van der Waals surface area (Å²) in [6.45, 7) is 1.62. The first kappa shape index (κ1) is 24.8. The SMILES string of the molecule is O=C(O)c1ccc(OCCCN2CCCC(c3ccc(F)cc3)C2(CO)c2ccc(F)cc2)cc1. The van der Waals surface area contributed by atoms with Gasteiger partial charge < -0.3 is 14.9 Å². The van der Waals surface area contributed by atoms with Crippen LogP contribution in [-0.4, -0.2) is 47.4 Å². The molecule has 0 radical (unpaired) electrons. The fraction of sp³-hybridized carbons (Fsp3) is 0.321. The molecule has 184 valence electrons. The summed E-state index contributed by atoms with van der Waals surface area (Å²) in [6.07, 6.45) is 2.38. The monoisotopic (exact) mass is 481 g/mol. The number of carboxylic acids is 1. The van der Waals surface area contributed by atoms with Gasteiger partial charge in [-0.2, -0.15) is 0 Å². The first-order chi connectivity index (χ1) is 16.9. The van der Waals surface area contributed by atoms with Crippen LogP contribution in [-0.2, 0) is 5.54 Å². The van der Waals surface area contributed by atoms with Gasteiger partial charge in [-0.25, -0.2) is 13.6 Å². The third kappa shape index (κ3) is 5.36. The van der Waals surface area contributed by atoms with Gasteiger partial charge in [-0.3, -0.25) is 4.90 Å². The quantitative estimate of drug-likeness (QED) is 0.411. The van der Waals surface area contributed by atoms with Crippen LogP contribution in [0.1, 0.15) is 46.7 Å². The number of aromatic carboxylic acids is 1. The van der Waals surface area contributed by atoms with Crippen LogP contribution < -0.4 is 4.74 Å². The lowest BCUT2D eigenvalue weighted by Gasteiger charge is -2.52. The Morgan fingerprint density at radius 3 is 2.20 bits per heavy atom. The Balaban J connectivity index is 1.54. The molecule has 35 heavy (non-hydrogen) atoms. The predicted octanol–water partition coefficient (Wildman–Crippen LogP) is 5.20. The molecule has 1 fully saturated rings. The van der Waals surface area contributed by atoms with Crippen molar-refractivity contribution in [2.24, 2.45) is 0 Å². The number of carboxylic acid groups (broad SMARTS) is 1. The molecule has 5 nitrogen and oxygen atoms in total. The Bertz CT molecular complexity index is 1120. The highest BCUT2D eigenvalue weighted by Gasteiger charge is 2.47. The second-order valence-electron chi connectivity index (χ2n) is 8.85. The molecule has 3 aromatic rings. The summed E-state index contributed by atoms with van der Waals surface area (Å²) in [7, 11) is 0. The van der Waals surface area contributed by atoms with E-state index in [0.29, 0.717) is 25.3 Å². The van der Waals surface area contributed by atoms with Gasteiger partial charge in [-0.15, -0.1) is 0 Å². The number of hydrogen-bond donors (Lipinski definition) is 2. The average Bonchev–Trinajstić information content (AvgIpc) is 2.87. The van der Waals surface area contributed by atoms with Crippen molar-refractivity contribution in [1.29, 1.82) is 0 Å². The largest absolute Gasteiger partial charge is 0.494 e. The van der Waals surface area contributed by atoms with Crippen LogP contribution in [0.5, 0.6) is 5.75 Å². The van der Waals surface area contributed by atoms with E-state index in [2.05, 4.69) is 4.90 Å². The Labute approximate surface area is 203 Å². The van der Waals surface area contributed by atoms with Crippen molar-refractivity contribution in [1.82, 2.24) is 4.90 Å². The van der Waals surface area contributed by atoms with Gasteiger partial charge in [0.1, 0.15) is 17.4 Å². The zero-order valence-electron chi connectivity index (χ0n) is 19.4. The standard InChI is InChI=1S/C28H29F2NO4/c29-23-10-4-20(5-11-23)26-3-1-16-31(28(26,19-32)22-8-12-24(30)13-9-22)17-2-18-35-25-14-6-21(7-15-25)27(33)34/h4-15,26,32H,1-3,16-19H2,(H,33,34). The zero-order chi connectivity index (χ0) is 24.8. The normalized spacial score (nSPS) is 20.5. The second kappa shape index (κ2) is 11.0. The van der Waals surface area contributed by atoms with Crippen molar-refractivity contribution in [3.05, 3.63) is 101 Å². The lowest BCUT2D eigenvalue weighted by atomic mass is 9.69. The van der Waals surface area contributed by atoms with Crippen LogP contribution >= 0.6 is 0 Å². The number of rotatable bonds is 9. The molecule has 0 amide bonds. The van der Waals surface area contributed by atoms with E-state index in [1.54, 1.807) is 36.4 Å². The van der Waals surface area contributed by atoms with Gasteiger partial charge in [0.25, 0.3) is 0 Å². The van der Waals surface area contributed by atoms with Gasteiger partial charge in [-0.05, 0) is 85.5 Å². The van der Waals surface area contributed by atoms with E-state index in [1.807, 2.05) is 0 Å². The molecule has 1 heterocycles. The number of piperidine rings is 1. The van der Waals surface area contributed by atoms with Crippen molar-refractivity contribution >= 4 is 5.97 Å². The number of aliphatic hydroxyl groups is 1. The number of halogens is 2. The minimum Gasteiger partial charge on any atom is -0.494 e. The minimum absolute atomic E-state index is 0.100. The van der Waals surface area contributed by atoms with Gasteiger partial charge in [-0.1, -0.05) is 24.3 Å². The van der Waals surface area contributed by atoms with Crippen LogP contribution in [0.15, 0.2) is 72.8 Å². The van der Waals surface area contributed by atoms with Crippen LogP contribution in [0.3, 0.4) is 0 Å². The molecule has 2 atom stereocenters. The molecule has 1 aliphatic heterocycles. The Hall–Kier alpha value is -3.29. The third-order valence-corrected chi connectivity index (χ3v) is 6.86. The summed E-state index contributed by atoms with van der Waals surface area (Å²) in [5.41, 5.74) is 1.17. The van der Waals surface area contributed by atoms with Crippen molar-refractivity contribution in [3.63, 3.8) is 0 Å². The number of ether oxygens (including phenoxy) is 1. The third-order valence-electron chi connectivity index (χ3n) is 6.86. The lowest BCUT2D eigenvalue weighted by Crippen LogP contribution is -2.56. The molecule has 4 rings (SSSR count). The molecule has 0 aliphatic carbocycles. The highest BCUT2D eigenvalue weighted by Crippen LogP contribution is 2.47. The topological polar surface area (TPSA) is 70.0 Å². The number of nitrogens with zero attached hydrogens (tertiary/aromatic N) is 1. The summed E-state index contributed by atoms with van der Waals surface area (Å²) in [5, 5.41) is 19.9. The van der Waals surface area contributed by atoms with Crippen LogP contribution in [0, 0.1) is 11.6 Å². The number of benzene rings is 3. The molecule has 7 heteroatoms. The Kier molecular flexibility index (Phi) is 7.78. The van der Waals surface area contributed by atoms with E-state index in [1.165, 1.54) is 36.4 Å². The molecule has 1 aliphatic rings. The predicted molar refractivity (Wildman–Crippen MR) is 129 cm³/mol. The second-order valence-corrected chi connectivity index (χ2v) is 8.85. The highest BCUT2D eigenvalue weighted by atomic mass is 19.1. The molecule has 1 saturated heterocycles. The van der Waals surface area contributed by atoms with E-state index in [0.717, 1.165) is 30.5 Å². The summed E-state index contributed by atoms with van der Waals surface area (Å²) >= 11 is 0. The molecule has 0 saturated carbocycles. The fourth-order valence-electron chi connectivity index (χ4n) is 5.16. The Morgan fingerprint density at radius 1 is 0.971 bits per heavy atom. The van der Waals surface area contributed by atoms with Crippen molar-refractivity contribution in [2.75, 3.05) is 26.3 Å². The zero-order valence-corrected chi connectivity index (χ0v) is 19.4. The minimum atomic E-state index is -0.988. The van der Waals surface area contributed by atoms with Gasteiger partial charge in [0.2, 0.25) is 0 Å². The fourth-order valence-corrected chi connectivity index (χ4v) is 5.16. The first-order valence-electron chi connectivity index (χ1n) is 11.8. The van der Waals surface area contributed by atoms with Gasteiger partial charge in [0.15, 0.2) is 0 Å². The molecule has 0 spiro atoms. The van der Waals surface area contributed by atoms with E-state index in [4.69, 9.17) is 9.84 Å². The maximum Gasteiger partial charge on any atom is 0.335 e. The van der Waals surface area contributed by atoms with E-state index >= 15 is 0 Å². The van der Waals surface area contributed by atoms with Crippen LogP contribution in [0.25, 0.3) is 0 Å². The smallest absolute Gasteiger partial charge is 0.335 e. The molecule has 2 unspecified atom stereocenters. The molecular weight excluding hydrogens is 452 g/mol. The molecular formula is C28H29F2NO4. The molecule has 0 aromatic heterocycles. The number of carbonyl (C=O) groups is 1. The van der Waals surface area contributed by atoms with Crippen molar-refractivity contribution in [3.8, 4) is 5.75 Å². The summed E-state index contributed by atoms with van der Waals surface area (Å²) in [5.74, 6) is -1.16. The molecule has 0 bridgehead atoms. The van der Waals surface area contributed by atoms with E-state index in [9.17, 15) is 18.7 Å². The van der Waals surface area contributed by atoms with Gasteiger partial charge in [0.05, 0.1) is 24.3 Å². The van der Waals surface area contributed by atoms with E-state index in [-0.39, 0.29) is 29.7 Å². The highest BCUT2D eigenvalue weighted by molar-refractivity contribution is 5.87. The summed E-state index contributed by atoms with van der Waals surface area (Å²) in [6, 6.07) is 18.9. The van der Waals surface area contributed by atoms with Crippen molar-refractivity contribution < 1.29 is 28.5 Å². The average molecular weight is 482 g/mol. The number of aliphatic hydroxyl groups excluding tert-OH is 1. The van der Waals surface area contributed by atoms with E-state index < -0.39 is 11.5 Å². The Morgan fingerprint density at radius 2 is 1.60 bits per heavy atom. The van der Waals surface area contributed by atoms with Gasteiger partial charge in [0, 0.05) is 12.5 Å². The molecule has 3 aromatic carbocycles. The summed E-state index contributed by atoms with van der Waals surface area (Å²) in [4.78, 5) is 13.2. The number of hydrogen-bond acceptors (Lipinski definition) is 4. The molecule has 2 N–H and O–H groups in total. The summed E-state index contributed by atoms with van der Waals surface area (Å²) < 4.78 is 33.2. The van der Waals surface area contributed by atoms with Crippen LogP contribution in [0.2, 0.25) is 0 Å². The lowest BCUT2D eigenvalue weighted by molar-refractivity contribution is -0.0256. The first-order valence-corrected chi connectivity index (χ1v) is 11.8. The number of likely N-dealkylation sites (tertiary alicyclic amines) is 1. The van der Waals surface area contributed by atoms with Crippen molar-refractivity contribution in [2.45, 2.75) is 30.7 Å².